The number of aromatic nitrogens is 3. The molecular formula is C23H25F3N4O3. The summed E-state index contributed by atoms with van der Waals surface area (Å²) in [6.45, 7) is 2.08. The molecule has 1 aromatic carbocycles. The SMILES string of the molecule is CCC(C)(CO)n1c(=O)n(CCF)c2cc(-c3cc(C(=O)NC4CC4)c(F)cc3F)cnc21. The molecule has 1 atom stereocenters. The zero-order chi connectivity index (χ0) is 23.9. The van der Waals surface area contributed by atoms with Crippen molar-refractivity contribution in [1.82, 2.24) is 19.4 Å². The molecule has 10 heteroatoms. The van der Waals surface area contributed by atoms with Gasteiger partial charge in [-0.05, 0) is 38.3 Å². The van der Waals surface area contributed by atoms with Gasteiger partial charge in [0.1, 0.15) is 18.3 Å². The maximum absolute atomic E-state index is 14.7. The number of hydrogen-bond acceptors (Lipinski definition) is 4. The number of benzene rings is 1. The molecule has 1 unspecified atom stereocenters. The number of nitrogens with one attached hydrogen (secondary N) is 1. The van der Waals surface area contributed by atoms with Gasteiger partial charge < -0.3 is 10.4 Å². The van der Waals surface area contributed by atoms with Crippen molar-refractivity contribution in [2.45, 2.75) is 51.2 Å². The first-order valence-corrected chi connectivity index (χ1v) is 10.8. The van der Waals surface area contributed by atoms with Crippen LogP contribution < -0.4 is 11.0 Å². The van der Waals surface area contributed by atoms with Gasteiger partial charge in [-0.2, -0.15) is 0 Å². The number of amides is 1. The Labute approximate surface area is 187 Å². The van der Waals surface area contributed by atoms with Gasteiger partial charge in [-0.25, -0.2) is 22.9 Å². The van der Waals surface area contributed by atoms with Gasteiger partial charge in [0.2, 0.25) is 0 Å². The van der Waals surface area contributed by atoms with Crippen LogP contribution in [0, 0.1) is 11.6 Å². The van der Waals surface area contributed by atoms with Gasteiger partial charge in [0, 0.05) is 29.4 Å². The summed E-state index contributed by atoms with van der Waals surface area (Å²) in [5.41, 5.74) is -1.22. The third kappa shape index (κ3) is 4.03. The first-order chi connectivity index (χ1) is 15.7. The van der Waals surface area contributed by atoms with Gasteiger partial charge in [0.15, 0.2) is 5.65 Å². The van der Waals surface area contributed by atoms with E-state index in [1.807, 2.05) is 0 Å². The van der Waals surface area contributed by atoms with Crippen molar-refractivity contribution in [1.29, 1.82) is 0 Å². The third-order valence-corrected chi connectivity index (χ3v) is 6.25. The summed E-state index contributed by atoms with van der Waals surface area (Å²) in [5, 5.41) is 12.6. The highest BCUT2D eigenvalue weighted by Gasteiger charge is 2.31. The van der Waals surface area contributed by atoms with Crippen molar-refractivity contribution in [2.24, 2.45) is 0 Å². The lowest BCUT2D eigenvalue weighted by atomic mass is 10.00. The average Bonchev–Trinajstić information content (AvgIpc) is 3.56. The van der Waals surface area contributed by atoms with Crippen LogP contribution >= 0.6 is 0 Å². The second-order valence-electron chi connectivity index (χ2n) is 8.59. The Morgan fingerprint density at radius 3 is 2.61 bits per heavy atom. The molecular weight excluding hydrogens is 437 g/mol. The van der Waals surface area contributed by atoms with Crippen molar-refractivity contribution < 1.29 is 23.1 Å². The van der Waals surface area contributed by atoms with E-state index in [4.69, 9.17) is 0 Å². The highest BCUT2D eigenvalue weighted by molar-refractivity contribution is 5.96. The summed E-state index contributed by atoms with van der Waals surface area (Å²) in [7, 11) is 0. The van der Waals surface area contributed by atoms with Crippen molar-refractivity contribution in [2.75, 3.05) is 13.3 Å². The molecule has 4 rings (SSSR count). The zero-order valence-corrected chi connectivity index (χ0v) is 18.4. The number of aryl methyl sites for hydroxylation is 1. The van der Waals surface area contributed by atoms with E-state index < -0.39 is 35.4 Å². The number of rotatable bonds is 8. The summed E-state index contributed by atoms with van der Waals surface area (Å²) in [6, 6.07) is 3.21. The number of pyridine rings is 1. The molecule has 2 heterocycles. The lowest BCUT2D eigenvalue weighted by Crippen LogP contribution is -2.41. The third-order valence-electron chi connectivity index (χ3n) is 6.25. The van der Waals surface area contributed by atoms with E-state index in [0.717, 1.165) is 18.9 Å². The predicted octanol–water partition coefficient (Wildman–Crippen LogP) is 3.12. The van der Waals surface area contributed by atoms with Gasteiger partial charge in [-0.1, -0.05) is 6.92 Å². The monoisotopic (exact) mass is 462 g/mol. The number of fused-ring (bicyclic) bond motifs is 1. The minimum absolute atomic E-state index is 0.00211. The molecule has 1 saturated carbocycles. The largest absolute Gasteiger partial charge is 0.394 e. The van der Waals surface area contributed by atoms with Gasteiger partial charge >= 0.3 is 5.69 Å². The minimum atomic E-state index is -0.981. The van der Waals surface area contributed by atoms with Crippen LogP contribution in [-0.2, 0) is 12.1 Å². The van der Waals surface area contributed by atoms with Gasteiger partial charge in [0.25, 0.3) is 5.91 Å². The lowest BCUT2D eigenvalue weighted by Gasteiger charge is -2.27. The quantitative estimate of drug-likeness (QED) is 0.538. The van der Waals surface area contributed by atoms with Gasteiger partial charge in [0.05, 0.1) is 29.8 Å². The van der Waals surface area contributed by atoms with Crippen LogP contribution in [0.5, 0.6) is 0 Å². The number of aliphatic hydroxyl groups is 1. The molecule has 1 aliphatic rings. The van der Waals surface area contributed by atoms with Gasteiger partial charge in [-0.15, -0.1) is 0 Å². The number of carbonyl (C=O) groups excluding carboxylic acids is 1. The summed E-state index contributed by atoms with van der Waals surface area (Å²) < 4.78 is 44.8. The standard InChI is InChI=1S/C23H25F3N4O3/c1-3-23(2,12-31)30-20-19(29(7-6-24)22(30)33)8-13(11-27-20)15-9-16(18(26)10-17(15)25)21(32)28-14-4-5-14/h8-11,14,31H,3-7,12H2,1-2H3,(H,28,32). The molecule has 1 aliphatic carbocycles. The number of nitrogens with zero attached hydrogens (tertiary/aromatic N) is 3. The van der Waals surface area contributed by atoms with Crippen LogP contribution in [0.3, 0.4) is 0 Å². The minimum Gasteiger partial charge on any atom is -0.394 e. The van der Waals surface area contributed by atoms with Crippen LogP contribution in [0.2, 0.25) is 0 Å². The van der Waals surface area contributed by atoms with E-state index in [1.54, 1.807) is 13.8 Å². The van der Waals surface area contributed by atoms with E-state index in [1.165, 1.54) is 21.4 Å². The van der Waals surface area contributed by atoms with E-state index in [9.17, 15) is 27.9 Å². The molecule has 0 spiro atoms. The molecule has 3 aromatic rings. The van der Waals surface area contributed by atoms with Crippen LogP contribution in [0.4, 0.5) is 13.2 Å². The number of halogens is 3. The molecule has 1 amide bonds. The first kappa shape index (κ1) is 23.0. The Balaban J connectivity index is 1.89. The molecule has 0 bridgehead atoms. The summed E-state index contributed by atoms with van der Waals surface area (Å²) in [5.74, 6) is -2.51. The Morgan fingerprint density at radius 2 is 2.00 bits per heavy atom. The van der Waals surface area contributed by atoms with Crippen LogP contribution in [0.15, 0.2) is 29.2 Å². The van der Waals surface area contributed by atoms with Gasteiger partial charge in [-0.3, -0.25) is 13.9 Å². The molecule has 2 aromatic heterocycles. The predicted molar refractivity (Wildman–Crippen MR) is 117 cm³/mol. The summed E-state index contributed by atoms with van der Waals surface area (Å²) >= 11 is 0. The van der Waals surface area contributed by atoms with Crippen LogP contribution in [0.1, 0.15) is 43.5 Å². The number of imidazole rings is 1. The number of carbonyl (C=O) groups is 1. The maximum atomic E-state index is 14.7. The van der Waals surface area contributed by atoms with E-state index in [2.05, 4.69) is 10.3 Å². The van der Waals surface area contributed by atoms with E-state index >= 15 is 0 Å². The smallest absolute Gasteiger partial charge is 0.331 e. The average molecular weight is 462 g/mol. The zero-order valence-electron chi connectivity index (χ0n) is 18.4. The fourth-order valence-electron chi connectivity index (χ4n) is 3.84. The molecule has 0 radical (unpaired) electrons. The van der Waals surface area contributed by atoms with Crippen molar-refractivity contribution >= 4 is 17.1 Å². The van der Waals surface area contributed by atoms with Crippen LogP contribution in [-0.4, -0.2) is 44.5 Å². The molecule has 176 valence electrons. The van der Waals surface area contributed by atoms with Crippen molar-refractivity contribution in [3.05, 3.63) is 52.1 Å². The second kappa shape index (κ2) is 8.66. The molecule has 0 saturated heterocycles. The fourth-order valence-corrected chi connectivity index (χ4v) is 3.84. The van der Waals surface area contributed by atoms with Crippen LogP contribution in [0.25, 0.3) is 22.3 Å². The number of aliphatic hydroxyl groups excluding tert-OH is 1. The number of hydrogen-bond donors (Lipinski definition) is 2. The molecule has 1 fully saturated rings. The topological polar surface area (TPSA) is 89.2 Å². The normalized spacial score (nSPS) is 15.6. The fraction of sp³-hybridized carbons (Fsp3) is 0.435. The highest BCUT2D eigenvalue weighted by atomic mass is 19.1. The lowest BCUT2D eigenvalue weighted by molar-refractivity contribution is 0.0947. The van der Waals surface area contributed by atoms with E-state index in [-0.39, 0.29) is 47.0 Å². The summed E-state index contributed by atoms with van der Waals surface area (Å²) in [6.07, 6.45) is 3.35. The molecule has 7 nitrogen and oxygen atoms in total. The maximum Gasteiger partial charge on any atom is 0.331 e. The molecule has 33 heavy (non-hydrogen) atoms. The van der Waals surface area contributed by atoms with Crippen molar-refractivity contribution in [3.63, 3.8) is 0 Å². The highest BCUT2D eigenvalue weighted by Crippen LogP contribution is 2.30. The van der Waals surface area contributed by atoms with Crippen molar-refractivity contribution in [3.8, 4) is 11.1 Å². The second-order valence-corrected chi connectivity index (χ2v) is 8.59. The molecule has 0 aliphatic heterocycles. The first-order valence-electron chi connectivity index (χ1n) is 10.8. The van der Waals surface area contributed by atoms with E-state index in [0.29, 0.717) is 12.5 Å². The Kier molecular flexibility index (Phi) is 6.04. The number of alkyl halides is 1. The summed E-state index contributed by atoms with van der Waals surface area (Å²) in [4.78, 5) is 29.8. The Hall–Kier alpha value is -3.14. The Bertz CT molecular complexity index is 1280. The molecule has 2 N–H and O–H groups in total. The Morgan fingerprint density at radius 1 is 1.27 bits per heavy atom.